The lowest BCUT2D eigenvalue weighted by molar-refractivity contribution is 0.256. The van der Waals surface area contributed by atoms with Crippen molar-refractivity contribution in [2.75, 3.05) is 10.6 Å². The summed E-state index contributed by atoms with van der Waals surface area (Å²) in [7, 11) is 0. The third-order valence-corrected chi connectivity index (χ3v) is 3.86. The molecule has 27 heavy (non-hydrogen) atoms. The van der Waals surface area contributed by atoms with E-state index in [0.717, 1.165) is 6.07 Å². The molecule has 8 nitrogen and oxygen atoms in total. The van der Waals surface area contributed by atoms with Crippen LogP contribution in [0, 0.1) is 5.82 Å². The van der Waals surface area contributed by atoms with Gasteiger partial charge in [0.2, 0.25) is 0 Å². The molecule has 0 fully saturated rings. The van der Waals surface area contributed by atoms with Gasteiger partial charge in [0.1, 0.15) is 23.5 Å². The van der Waals surface area contributed by atoms with Crippen LogP contribution in [0.4, 0.5) is 26.2 Å². The number of fused-ring (bicyclic) bond motifs is 1. The van der Waals surface area contributed by atoms with Gasteiger partial charge in [-0.05, 0) is 18.2 Å². The molecule has 0 bridgehead atoms. The Hall–Kier alpha value is -3.59. The quantitative estimate of drug-likeness (QED) is 0.628. The molecule has 2 heterocycles. The fourth-order valence-corrected chi connectivity index (χ4v) is 2.50. The molecule has 136 valence electrons. The van der Waals surface area contributed by atoms with Gasteiger partial charge in [-0.15, -0.1) is 0 Å². The lowest BCUT2D eigenvalue weighted by Gasteiger charge is -2.17. The smallest absolute Gasteiger partial charge is 0.323 e. The molecule has 3 N–H and O–H groups in total. The summed E-state index contributed by atoms with van der Waals surface area (Å²) in [5.74, 6) is -0.299. The van der Waals surface area contributed by atoms with Gasteiger partial charge >= 0.3 is 6.03 Å². The number of benzene rings is 2. The van der Waals surface area contributed by atoms with Crippen molar-refractivity contribution in [2.45, 2.75) is 0 Å². The van der Waals surface area contributed by atoms with E-state index < -0.39 is 11.8 Å². The van der Waals surface area contributed by atoms with Crippen molar-refractivity contribution >= 4 is 40.5 Å². The summed E-state index contributed by atoms with van der Waals surface area (Å²) >= 11 is 5.78. The minimum absolute atomic E-state index is 0.0944. The number of nitrogens with one attached hydrogen (secondary N) is 3. The molecular weight excluding hydrogens is 377 g/mol. The van der Waals surface area contributed by atoms with Crippen molar-refractivity contribution in [3.63, 3.8) is 0 Å². The van der Waals surface area contributed by atoms with Gasteiger partial charge < -0.3 is 20.0 Å². The third-order valence-electron chi connectivity index (χ3n) is 3.57. The first-order chi connectivity index (χ1) is 13.1. The average Bonchev–Trinajstić information content (AvgIpc) is 3.11. The number of aromatic nitrogens is 1. The lowest BCUT2D eigenvalue weighted by atomic mass is 10.2. The molecule has 0 aliphatic carbocycles. The second-order valence-corrected chi connectivity index (χ2v) is 5.83. The van der Waals surface area contributed by atoms with E-state index in [-0.39, 0.29) is 28.0 Å². The molecule has 4 rings (SSSR count). The Kier molecular flexibility index (Phi) is 4.35. The number of halogens is 2. The standard InChI is InChI=1S/C17H11ClFN5O3/c18-10-6-12-14(7-11(10)19)27-24-16(21-12)15-13(8-26-23-15)22-17(25)20-9-4-2-1-3-5-9/h1-8H,(H,21,24)(H2,20,22,25). The van der Waals surface area contributed by atoms with Gasteiger partial charge in [0.15, 0.2) is 17.3 Å². The van der Waals surface area contributed by atoms with E-state index in [2.05, 4.69) is 26.3 Å². The molecule has 10 heteroatoms. The van der Waals surface area contributed by atoms with Gasteiger partial charge in [0, 0.05) is 11.8 Å². The van der Waals surface area contributed by atoms with Crippen molar-refractivity contribution < 1.29 is 18.5 Å². The summed E-state index contributed by atoms with van der Waals surface area (Å²) in [6, 6.07) is 10.9. The zero-order valence-electron chi connectivity index (χ0n) is 13.5. The number of hydrogen-bond donors (Lipinski definition) is 3. The zero-order chi connectivity index (χ0) is 18.8. The van der Waals surface area contributed by atoms with Crippen LogP contribution >= 0.6 is 11.6 Å². The normalized spacial score (nSPS) is 12.3. The van der Waals surface area contributed by atoms with Crippen LogP contribution in [0.2, 0.25) is 5.02 Å². The topological polar surface area (TPSA) is 101 Å². The molecule has 0 saturated heterocycles. The second kappa shape index (κ2) is 6.96. The molecule has 0 atom stereocenters. The maximum Gasteiger partial charge on any atom is 0.323 e. The molecule has 0 spiro atoms. The number of carbonyl (C=O) groups excluding carboxylic acids is 1. The van der Waals surface area contributed by atoms with Crippen molar-refractivity contribution in [1.29, 1.82) is 0 Å². The Morgan fingerprint density at radius 1 is 1.19 bits per heavy atom. The number of anilines is 2. The van der Waals surface area contributed by atoms with Gasteiger partial charge in [0.05, 0.1) is 5.02 Å². The first-order valence-electron chi connectivity index (χ1n) is 7.68. The van der Waals surface area contributed by atoms with E-state index in [0.29, 0.717) is 11.4 Å². The summed E-state index contributed by atoms with van der Waals surface area (Å²) in [6.07, 6.45) is 1.25. The Balaban J connectivity index is 1.56. The molecule has 1 aliphatic heterocycles. The van der Waals surface area contributed by atoms with Crippen LogP contribution in [0.1, 0.15) is 5.69 Å². The number of amides is 2. The fraction of sp³-hybridized carbons (Fsp3) is 0. The van der Waals surface area contributed by atoms with Crippen LogP contribution in [0.15, 0.2) is 58.2 Å². The number of urea groups is 1. The van der Waals surface area contributed by atoms with Crippen LogP contribution in [0.25, 0.3) is 0 Å². The number of aliphatic imine (C=N–C) groups is 1. The van der Waals surface area contributed by atoms with E-state index in [1.165, 1.54) is 12.3 Å². The molecule has 1 aliphatic rings. The van der Waals surface area contributed by atoms with Gasteiger partial charge in [-0.1, -0.05) is 35.0 Å². The van der Waals surface area contributed by atoms with Gasteiger partial charge in [-0.2, -0.15) is 0 Å². The number of rotatable bonds is 3. The number of para-hydroxylation sites is 1. The SMILES string of the molecule is O=C(Nc1ccccc1)Nc1conc1C1=Nc2cc(Cl)c(F)cc2ON1. The monoisotopic (exact) mass is 387 g/mol. The van der Waals surface area contributed by atoms with E-state index in [1.807, 2.05) is 6.07 Å². The van der Waals surface area contributed by atoms with Crippen LogP contribution in [-0.2, 0) is 0 Å². The minimum atomic E-state index is -0.628. The maximum atomic E-state index is 13.5. The Morgan fingerprint density at radius 2 is 2.00 bits per heavy atom. The van der Waals surface area contributed by atoms with Crippen molar-refractivity contribution in [3.05, 3.63) is 65.3 Å². The highest BCUT2D eigenvalue weighted by atomic mass is 35.5. The largest absolute Gasteiger partial charge is 0.378 e. The number of nitrogens with zero attached hydrogens (tertiary/aromatic N) is 2. The average molecular weight is 388 g/mol. The Morgan fingerprint density at radius 3 is 2.81 bits per heavy atom. The highest BCUT2D eigenvalue weighted by Gasteiger charge is 2.22. The maximum absolute atomic E-state index is 13.5. The van der Waals surface area contributed by atoms with Crippen LogP contribution in [0.5, 0.6) is 5.75 Å². The summed E-state index contributed by atoms with van der Waals surface area (Å²) in [6.45, 7) is 0. The number of hydroxylamine groups is 1. The molecular formula is C17H11ClFN5O3. The summed E-state index contributed by atoms with van der Waals surface area (Å²) in [5, 5.41) is 9.00. The first-order valence-corrected chi connectivity index (χ1v) is 8.06. The number of carbonyl (C=O) groups is 1. The van der Waals surface area contributed by atoms with Crippen LogP contribution < -0.4 is 21.0 Å². The van der Waals surface area contributed by atoms with E-state index in [9.17, 15) is 9.18 Å². The van der Waals surface area contributed by atoms with Gasteiger partial charge in [0.25, 0.3) is 0 Å². The van der Waals surface area contributed by atoms with Gasteiger partial charge in [-0.3, -0.25) is 0 Å². The number of hydrogen-bond acceptors (Lipinski definition) is 6. The predicted molar refractivity (Wildman–Crippen MR) is 97.0 cm³/mol. The summed E-state index contributed by atoms with van der Waals surface area (Å²) in [4.78, 5) is 21.7. The van der Waals surface area contributed by atoms with Crippen molar-refractivity contribution in [1.82, 2.24) is 10.6 Å². The highest BCUT2D eigenvalue weighted by Crippen LogP contribution is 2.35. The molecule has 1 aromatic heterocycles. The highest BCUT2D eigenvalue weighted by molar-refractivity contribution is 6.31. The van der Waals surface area contributed by atoms with Crippen molar-refractivity contribution in [2.24, 2.45) is 4.99 Å². The molecule has 0 saturated carbocycles. The lowest BCUT2D eigenvalue weighted by Crippen LogP contribution is -2.32. The number of amidine groups is 1. The second-order valence-electron chi connectivity index (χ2n) is 5.42. The molecule has 2 amide bonds. The van der Waals surface area contributed by atoms with Crippen molar-refractivity contribution in [3.8, 4) is 5.75 Å². The molecule has 0 radical (unpaired) electrons. The fourth-order valence-electron chi connectivity index (χ4n) is 2.34. The van der Waals surface area contributed by atoms with E-state index in [4.69, 9.17) is 21.0 Å². The van der Waals surface area contributed by atoms with Crippen LogP contribution in [0.3, 0.4) is 0 Å². The van der Waals surface area contributed by atoms with E-state index >= 15 is 0 Å². The first kappa shape index (κ1) is 16.9. The van der Waals surface area contributed by atoms with Crippen LogP contribution in [-0.4, -0.2) is 17.0 Å². The Labute approximate surface area is 156 Å². The molecule has 0 unspecified atom stereocenters. The Bertz CT molecular complexity index is 1040. The summed E-state index contributed by atoms with van der Waals surface area (Å²) < 4.78 is 18.4. The minimum Gasteiger partial charge on any atom is -0.378 e. The van der Waals surface area contributed by atoms with E-state index in [1.54, 1.807) is 24.3 Å². The third kappa shape index (κ3) is 3.53. The predicted octanol–water partition coefficient (Wildman–Crippen LogP) is 4.09. The molecule has 2 aromatic carbocycles. The zero-order valence-corrected chi connectivity index (χ0v) is 14.2. The molecule has 3 aromatic rings. The van der Waals surface area contributed by atoms with Gasteiger partial charge in [-0.25, -0.2) is 19.7 Å². The summed E-state index contributed by atoms with van der Waals surface area (Å²) in [5.41, 5.74) is 3.92.